The van der Waals surface area contributed by atoms with Crippen LogP contribution in [0.4, 0.5) is 0 Å². The Morgan fingerprint density at radius 1 is 1.04 bits per heavy atom. The van der Waals surface area contributed by atoms with Gasteiger partial charge in [0.2, 0.25) is 0 Å². The lowest BCUT2D eigenvalue weighted by Crippen LogP contribution is -2.35. The minimum Gasteiger partial charge on any atom is -0.290 e. The largest absolute Gasteiger partial charge is 0.330 e. The highest BCUT2D eigenvalue weighted by Crippen LogP contribution is 2.31. The van der Waals surface area contributed by atoms with Crippen LogP contribution in [-0.2, 0) is 6.54 Å². The molecule has 0 spiro atoms. The minimum atomic E-state index is -0.499. The average molecular weight is 401 g/mol. The van der Waals surface area contributed by atoms with Crippen molar-refractivity contribution in [1.29, 1.82) is 0 Å². The summed E-state index contributed by atoms with van der Waals surface area (Å²) in [7, 11) is 0. The molecule has 2 aromatic heterocycles. The molecule has 0 saturated carbocycles. The van der Waals surface area contributed by atoms with E-state index in [9.17, 15) is 9.59 Å². The summed E-state index contributed by atoms with van der Waals surface area (Å²) < 4.78 is 2.82. The zero-order valence-corrected chi connectivity index (χ0v) is 15.8. The molecule has 27 heavy (non-hydrogen) atoms. The first kappa shape index (κ1) is 17.6. The highest BCUT2D eigenvalue weighted by molar-refractivity contribution is 6.33. The maximum atomic E-state index is 13.0. The summed E-state index contributed by atoms with van der Waals surface area (Å²) in [4.78, 5) is 32.4. The molecule has 0 bridgehead atoms. The van der Waals surface area contributed by atoms with Crippen LogP contribution in [0.3, 0.4) is 0 Å². The Morgan fingerprint density at radius 3 is 2.41 bits per heavy atom. The van der Waals surface area contributed by atoms with Crippen molar-refractivity contribution in [3.8, 4) is 17.1 Å². The van der Waals surface area contributed by atoms with E-state index < -0.39 is 11.2 Å². The molecule has 6 nitrogen and oxygen atoms in total. The Bertz CT molecular complexity index is 1270. The van der Waals surface area contributed by atoms with Crippen LogP contribution in [-0.4, -0.2) is 19.1 Å². The van der Waals surface area contributed by atoms with Crippen molar-refractivity contribution in [1.82, 2.24) is 19.1 Å². The minimum absolute atomic E-state index is 0.208. The first-order chi connectivity index (χ1) is 13.0. The van der Waals surface area contributed by atoms with Gasteiger partial charge in [0.1, 0.15) is 5.82 Å². The van der Waals surface area contributed by atoms with E-state index in [-0.39, 0.29) is 17.7 Å². The molecule has 4 rings (SSSR count). The molecular formula is C19H14Cl2N4O2. The van der Waals surface area contributed by atoms with E-state index in [0.717, 1.165) is 4.57 Å². The number of hydrogen-bond acceptors (Lipinski definition) is 3. The monoisotopic (exact) mass is 400 g/mol. The van der Waals surface area contributed by atoms with Crippen LogP contribution in [0.1, 0.15) is 6.92 Å². The van der Waals surface area contributed by atoms with Crippen LogP contribution in [0.25, 0.3) is 28.2 Å². The fourth-order valence-electron chi connectivity index (χ4n) is 3.05. The number of rotatable bonds is 3. The standard InChI is InChI=1S/C19H14Cl2N4O2/c1-2-24-18(26)15-16(23-19(24)27)22-17(13-5-3-4-6-14(13)21)25(15)12-9-7-11(20)8-10-12/h3-10H,2H2,1H3,(H,23,27). The first-order valence-corrected chi connectivity index (χ1v) is 9.03. The van der Waals surface area contributed by atoms with Gasteiger partial charge < -0.3 is 0 Å². The van der Waals surface area contributed by atoms with Crippen molar-refractivity contribution in [2.75, 3.05) is 0 Å². The van der Waals surface area contributed by atoms with Crippen molar-refractivity contribution in [3.05, 3.63) is 79.4 Å². The number of benzene rings is 2. The number of H-pyrrole nitrogens is 1. The third-order valence-electron chi connectivity index (χ3n) is 4.31. The van der Waals surface area contributed by atoms with Gasteiger partial charge in [0.25, 0.3) is 5.56 Å². The molecule has 0 aliphatic heterocycles. The molecule has 2 heterocycles. The van der Waals surface area contributed by atoms with Gasteiger partial charge in [-0.2, -0.15) is 0 Å². The van der Waals surface area contributed by atoms with Gasteiger partial charge >= 0.3 is 5.69 Å². The Hall–Kier alpha value is -2.83. The van der Waals surface area contributed by atoms with E-state index in [2.05, 4.69) is 9.97 Å². The maximum Gasteiger partial charge on any atom is 0.330 e. The second-order valence-electron chi connectivity index (χ2n) is 5.90. The maximum absolute atomic E-state index is 13.0. The predicted octanol–water partition coefficient (Wildman–Crippen LogP) is 3.87. The molecule has 1 N–H and O–H groups in total. The third kappa shape index (κ3) is 2.87. The van der Waals surface area contributed by atoms with E-state index in [1.54, 1.807) is 41.8 Å². The molecule has 8 heteroatoms. The summed E-state index contributed by atoms with van der Waals surface area (Å²) in [5.41, 5.74) is 0.893. The Balaban J connectivity index is 2.18. The lowest BCUT2D eigenvalue weighted by atomic mass is 10.2. The van der Waals surface area contributed by atoms with E-state index >= 15 is 0 Å². The van der Waals surface area contributed by atoms with Crippen LogP contribution in [0.15, 0.2) is 58.1 Å². The summed E-state index contributed by atoms with van der Waals surface area (Å²) >= 11 is 12.4. The highest BCUT2D eigenvalue weighted by atomic mass is 35.5. The smallest absolute Gasteiger partial charge is 0.290 e. The fraction of sp³-hybridized carbons (Fsp3) is 0.105. The molecule has 0 radical (unpaired) electrons. The molecule has 0 unspecified atom stereocenters. The van der Waals surface area contributed by atoms with E-state index in [1.807, 2.05) is 18.2 Å². The Labute approximate surface area is 163 Å². The van der Waals surface area contributed by atoms with Gasteiger partial charge in [-0.3, -0.25) is 18.9 Å². The van der Waals surface area contributed by atoms with Crippen LogP contribution in [0.5, 0.6) is 0 Å². The molecule has 0 fully saturated rings. The first-order valence-electron chi connectivity index (χ1n) is 8.27. The number of nitrogens with zero attached hydrogens (tertiary/aromatic N) is 3. The van der Waals surface area contributed by atoms with Gasteiger partial charge in [0, 0.05) is 22.8 Å². The predicted molar refractivity (Wildman–Crippen MR) is 107 cm³/mol. The normalized spacial score (nSPS) is 11.2. The molecular weight excluding hydrogens is 387 g/mol. The van der Waals surface area contributed by atoms with Crippen LogP contribution in [0.2, 0.25) is 10.0 Å². The fourth-order valence-corrected chi connectivity index (χ4v) is 3.39. The summed E-state index contributed by atoms with van der Waals surface area (Å²) in [6.45, 7) is 1.98. The molecule has 0 atom stereocenters. The van der Waals surface area contributed by atoms with Crippen molar-refractivity contribution in [2.45, 2.75) is 13.5 Å². The summed E-state index contributed by atoms with van der Waals surface area (Å²) in [6, 6.07) is 14.2. The number of imidazole rings is 1. The molecule has 0 aliphatic carbocycles. The molecule has 0 aliphatic rings. The van der Waals surface area contributed by atoms with Crippen molar-refractivity contribution in [2.24, 2.45) is 0 Å². The lowest BCUT2D eigenvalue weighted by Gasteiger charge is -2.10. The van der Waals surface area contributed by atoms with Crippen LogP contribution >= 0.6 is 23.2 Å². The molecule has 2 aromatic carbocycles. The SMILES string of the molecule is CCn1c(=O)[nH]c2nc(-c3ccccc3Cl)n(-c3ccc(Cl)cc3)c2c1=O. The number of fused-ring (bicyclic) bond motifs is 1. The van der Waals surface area contributed by atoms with E-state index in [4.69, 9.17) is 23.2 Å². The van der Waals surface area contributed by atoms with Crippen molar-refractivity contribution >= 4 is 34.4 Å². The zero-order chi connectivity index (χ0) is 19.1. The second kappa shape index (κ2) is 6.72. The third-order valence-corrected chi connectivity index (χ3v) is 4.89. The zero-order valence-electron chi connectivity index (χ0n) is 14.2. The van der Waals surface area contributed by atoms with Gasteiger partial charge in [-0.1, -0.05) is 35.3 Å². The van der Waals surface area contributed by atoms with Crippen molar-refractivity contribution in [3.63, 3.8) is 0 Å². The molecule has 0 saturated heterocycles. The molecule has 0 amide bonds. The van der Waals surface area contributed by atoms with Gasteiger partial charge in [0.15, 0.2) is 11.2 Å². The van der Waals surface area contributed by atoms with E-state index in [1.165, 1.54) is 0 Å². The number of hydrogen-bond donors (Lipinski definition) is 1. The molecule has 136 valence electrons. The van der Waals surface area contributed by atoms with Gasteiger partial charge in [-0.25, -0.2) is 9.78 Å². The van der Waals surface area contributed by atoms with Gasteiger partial charge in [-0.15, -0.1) is 0 Å². The van der Waals surface area contributed by atoms with Crippen molar-refractivity contribution < 1.29 is 0 Å². The van der Waals surface area contributed by atoms with E-state index in [0.29, 0.717) is 27.1 Å². The van der Waals surface area contributed by atoms with Gasteiger partial charge in [0.05, 0.1) is 5.02 Å². The van der Waals surface area contributed by atoms with Gasteiger partial charge in [-0.05, 0) is 43.3 Å². The number of aromatic amines is 1. The lowest BCUT2D eigenvalue weighted by molar-refractivity contribution is 0.681. The summed E-state index contributed by atoms with van der Waals surface area (Å²) in [6.07, 6.45) is 0. The highest BCUT2D eigenvalue weighted by Gasteiger charge is 2.21. The number of halogens is 2. The Morgan fingerprint density at radius 2 is 1.74 bits per heavy atom. The average Bonchev–Trinajstić information content (AvgIpc) is 3.02. The second-order valence-corrected chi connectivity index (χ2v) is 6.75. The summed E-state index contributed by atoms with van der Waals surface area (Å²) in [5, 5.41) is 1.06. The quantitative estimate of drug-likeness (QED) is 0.567. The van der Waals surface area contributed by atoms with Crippen LogP contribution in [0, 0.1) is 0 Å². The summed E-state index contributed by atoms with van der Waals surface area (Å²) in [5.74, 6) is 0.458. The van der Waals surface area contributed by atoms with Crippen LogP contribution < -0.4 is 11.2 Å². The topological polar surface area (TPSA) is 72.7 Å². The number of nitrogens with one attached hydrogen (secondary N) is 1. The number of aromatic nitrogens is 4. The molecule has 4 aromatic rings. The Kier molecular flexibility index (Phi) is 4.37.